The van der Waals surface area contributed by atoms with Crippen LogP contribution in [0.3, 0.4) is 0 Å². The Morgan fingerprint density at radius 2 is 1.96 bits per heavy atom. The lowest BCUT2D eigenvalue weighted by molar-refractivity contribution is -0.142. The summed E-state index contributed by atoms with van der Waals surface area (Å²) in [7, 11) is 0. The second-order valence-electron chi connectivity index (χ2n) is 6.11. The molecule has 1 aliphatic heterocycles. The van der Waals surface area contributed by atoms with Crippen molar-refractivity contribution in [2.24, 2.45) is 5.92 Å². The molecule has 1 aromatic carbocycles. The predicted molar refractivity (Wildman–Crippen MR) is 94.4 cm³/mol. The lowest BCUT2D eigenvalue weighted by atomic mass is 9.97. The topological polar surface area (TPSA) is 87.7 Å². The zero-order valence-corrected chi connectivity index (χ0v) is 14.7. The number of benzene rings is 1. The van der Waals surface area contributed by atoms with Crippen LogP contribution in [-0.2, 0) is 9.59 Å². The maximum Gasteiger partial charge on any atom is 0.319 e. The molecule has 1 aromatic rings. The van der Waals surface area contributed by atoms with Crippen LogP contribution in [0, 0.1) is 5.92 Å². The van der Waals surface area contributed by atoms with Gasteiger partial charge in [-0.1, -0.05) is 13.0 Å². The molecular formula is C18H25N3O4. The van der Waals surface area contributed by atoms with E-state index in [2.05, 4.69) is 10.6 Å². The second-order valence-corrected chi connectivity index (χ2v) is 6.11. The number of urea groups is 1. The molecule has 0 bridgehead atoms. The van der Waals surface area contributed by atoms with Crippen LogP contribution in [0.1, 0.15) is 33.1 Å². The molecule has 0 saturated carbocycles. The molecule has 1 saturated heterocycles. The smallest absolute Gasteiger partial charge is 0.319 e. The summed E-state index contributed by atoms with van der Waals surface area (Å²) in [5.41, 5.74) is 0.560. The summed E-state index contributed by atoms with van der Waals surface area (Å²) in [5, 5.41) is 5.42. The molecule has 25 heavy (non-hydrogen) atoms. The van der Waals surface area contributed by atoms with Gasteiger partial charge in [-0.05, 0) is 31.4 Å². The maximum atomic E-state index is 12.3. The predicted octanol–water partition coefficient (Wildman–Crippen LogP) is 2.38. The molecule has 0 atom stereocenters. The number of carbonyl (C=O) groups excluding carboxylic acids is 3. The highest BCUT2D eigenvalue weighted by molar-refractivity contribution is 5.89. The van der Waals surface area contributed by atoms with Crippen LogP contribution in [0.5, 0.6) is 5.75 Å². The number of esters is 1. The summed E-state index contributed by atoms with van der Waals surface area (Å²) >= 11 is 0. The lowest BCUT2D eigenvalue weighted by Crippen LogP contribution is -2.40. The fourth-order valence-electron chi connectivity index (χ4n) is 2.68. The van der Waals surface area contributed by atoms with Gasteiger partial charge in [-0.15, -0.1) is 0 Å². The first-order chi connectivity index (χ1) is 12.0. The highest BCUT2D eigenvalue weighted by atomic mass is 16.5. The van der Waals surface area contributed by atoms with Gasteiger partial charge < -0.3 is 20.3 Å². The number of hydrogen-bond acceptors (Lipinski definition) is 4. The number of hydrogen-bond donors (Lipinski definition) is 2. The standard InChI is InChI=1S/C18H25N3O4/c1-3-9-19-18(24)20-15-5-4-6-16(12-15)25-17(23)14-7-10-21(11-8-14)13(2)22/h4-6,12,14H,3,7-11H2,1-2H3,(H2,19,20,24). The summed E-state index contributed by atoms with van der Waals surface area (Å²) in [6, 6.07) is 6.46. The van der Waals surface area contributed by atoms with Crippen LogP contribution in [0.15, 0.2) is 24.3 Å². The van der Waals surface area contributed by atoms with Crippen molar-refractivity contribution in [3.05, 3.63) is 24.3 Å². The monoisotopic (exact) mass is 347 g/mol. The average Bonchev–Trinajstić information content (AvgIpc) is 2.60. The Morgan fingerprint density at radius 1 is 1.24 bits per heavy atom. The second kappa shape index (κ2) is 9.05. The number of amides is 3. The Bertz CT molecular complexity index is 625. The molecule has 0 aliphatic carbocycles. The molecule has 2 rings (SSSR count). The molecule has 7 nitrogen and oxygen atoms in total. The maximum absolute atomic E-state index is 12.3. The van der Waals surface area contributed by atoms with Gasteiger partial charge in [0, 0.05) is 38.3 Å². The number of likely N-dealkylation sites (tertiary alicyclic amines) is 1. The van der Waals surface area contributed by atoms with Crippen molar-refractivity contribution < 1.29 is 19.1 Å². The van der Waals surface area contributed by atoms with Crippen molar-refractivity contribution in [3.8, 4) is 5.75 Å². The first kappa shape index (κ1) is 18.8. The Labute approximate surface area is 147 Å². The van der Waals surface area contributed by atoms with Gasteiger partial charge in [0.15, 0.2) is 0 Å². The van der Waals surface area contributed by atoms with Crippen molar-refractivity contribution in [1.82, 2.24) is 10.2 Å². The number of carbonyl (C=O) groups is 3. The average molecular weight is 347 g/mol. The zero-order chi connectivity index (χ0) is 18.2. The number of anilines is 1. The van der Waals surface area contributed by atoms with Gasteiger partial charge in [0.1, 0.15) is 5.75 Å². The first-order valence-electron chi connectivity index (χ1n) is 8.61. The lowest BCUT2D eigenvalue weighted by Gasteiger charge is -2.29. The summed E-state index contributed by atoms with van der Waals surface area (Å²) in [6.45, 7) is 5.26. The molecule has 3 amide bonds. The van der Waals surface area contributed by atoms with Gasteiger partial charge in [0.05, 0.1) is 5.92 Å². The number of ether oxygens (including phenoxy) is 1. The van der Waals surface area contributed by atoms with Crippen molar-refractivity contribution in [2.45, 2.75) is 33.1 Å². The van der Waals surface area contributed by atoms with Crippen LogP contribution in [0.4, 0.5) is 10.5 Å². The molecular weight excluding hydrogens is 322 g/mol. The van der Waals surface area contributed by atoms with Crippen LogP contribution < -0.4 is 15.4 Å². The fraction of sp³-hybridized carbons (Fsp3) is 0.500. The summed E-state index contributed by atoms with van der Waals surface area (Å²) < 4.78 is 5.44. The number of piperidine rings is 1. The molecule has 0 spiro atoms. The third-order valence-corrected chi connectivity index (χ3v) is 4.12. The zero-order valence-electron chi connectivity index (χ0n) is 14.7. The van der Waals surface area contributed by atoms with E-state index in [4.69, 9.17) is 4.74 Å². The van der Waals surface area contributed by atoms with E-state index in [1.165, 1.54) is 6.92 Å². The van der Waals surface area contributed by atoms with E-state index in [0.717, 1.165) is 6.42 Å². The number of rotatable bonds is 5. The van der Waals surface area contributed by atoms with Crippen molar-refractivity contribution in [2.75, 3.05) is 25.0 Å². The summed E-state index contributed by atoms with van der Waals surface area (Å²) in [4.78, 5) is 37.0. The minimum absolute atomic E-state index is 0.0342. The summed E-state index contributed by atoms with van der Waals surface area (Å²) in [5.74, 6) is -0.0740. The SMILES string of the molecule is CCCNC(=O)Nc1cccc(OC(=O)C2CCN(C(C)=O)CC2)c1. The minimum Gasteiger partial charge on any atom is -0.426 e. The first-order valence-corrected chi connectivity index (χ1v) is 8.61. The van der Waals surface area contributed by atoms with E-state index >= 15 is 0 Å². The molecule has 1 aliphatic rings. The molecule has 136 valence electrons. The highest BCUT2D eigenvalue weighted by Gasteiger charge is 2.27. The van der Waals surface area contributed by atoms with Gasteiger partial charge in [0.2, 0.25) is 5.91 Å². The van der Waals surface area contributed by atoms with Crippen LogP contribution >= 0.6 is 0 Å². The van der Waals surface area contributed by atoms with Gasteiger partial charge in [-0.3, -0.25) is 9.59 Å². The van der Waals surface area contributed by atoms with Gasteiger partial charge in [-0.25, -0.2) is 4.79 Å². The van der Waals surface area contributed by atoms with Gasteiger partial charge in [0.25, 0.3) is 0 Å². The molecule has 0 aromatic heterocycles. The van der Waals surface area contributed by atoms with Crippen LogP contribution in [0.2, 0.25) is 0 Å². The third-order valence-electron chi connectivity index (χ3n) is 4.12. The van der Waals surface area contributed by atoms with E-state index in [9.17, 15) is 14.4 Å². The van der Waals surface area contributed by atoms with Crippen molar-refractivity contribution in [3.63, 3.8) is 0 Å². The van der Waals surface area contributed by atoms with Gasteiger partial charge in [-0.2, -0.15) is 0 Å². The van der Waals surface area contributed by atoms with Crippen molar-refractivity contribution >= 4 is 23.6 Å². The number of nitrogens with zero attached hydrogens (tertiary/aromatic N) is 1. The fourth-order valence-corrected chi connectivity index (χ4v) is 2.68. The number of nitrogens with one attached hydrogen (secondary N) is 2. The largest absolute Gasteiger partial charge is 0.426 e. The Kier molecular flexibility index (Phi) is 6.80. The molecule has 1 heterocycles. The Hall–Kier alpha value is -2.57. The van der Waals surface area contributed by atoms with E-state index in [-0.39, 0.29) is 23.8 Å². The highest BCUT2D eigenvalue weighted by Crippen LogP contribution is 2.22. The molecule has 0 radical (unpaired) electrons. The van der Waals surface area contributed by atoms with Crippen LogP contribution in [-0.4, -0.2) is 42.4 Å². The normalized spacial score (nSPS) is 14.7. The van der Waals surface area contributed by atoms with Gasteiger partial charge >= 0.3 is 12.0 Å². The quantitative estimate of drug-likeness (QED) is 0.632. The van der Waals surface area contributed by atoms with E-state index in [0.29, 0.717) is 43.9 Å². The Balaban J connectivity index is 1.88. The van der Waals surface area contributed by atoms with E-state index in [1.807, 2.05) is 6.92 Å². The molecule has 1 fully saturated rings. The molecule has 7 heteroatoms. The van der Waals surface area contributed by atoms with Crippen LogP contribution in [0.25, 0.3) is 0 Å². The van der Waals surface area contributed by atoms with E-state index < -0.39 is 0 Å². The molecule has 0 unspecified atom stereocenters. The minimum atomic E-state index is -0.296. The third kappa shape index (κ3) is 5.77. The Morgan fingerprint density at radius 3 is 2.60 bits per heavy atom. The molecule has 2 N–H and O–H groups in total. The van der Waals surface area contributed by atoms with E-state index in [1.54, 1.807) is 29.2 Å². The summed E-state index contributed by atoms with van der Waals surface area (Å²) in [6.07, 6.45) is 2.07. The van der Waals surface area contributed by atoms with Crippen molar-refractivity contribution in [1.29, 1.82) is 0 Å².